The highest BCUT2D eigenvalue weighted by molar-refractivity contribution is 7.13. The molecule has 0 fully saturated rings. The SMILES string of the molecule is Cc1ccc(C)c(-n2nc(-c3cccs3)cc2C(=O)NCCC(c2ccccc2)c2ccccc2)c1. The van der Waals surface area contributed by atoms with Crippen molar-refractivity contribution in [1.82, 2.24) is 15.1 Å². The van der Waals surface area contributed by atoms with E-state index in [4.69, 9.17) is 5.10 Å². The van der Waals surface area contributed by atoms with Crippen LogP contribution in [-0.4, -0.2) is 22.2 Å². The topological polar surface area (TPSA) is 46.9 Å². The highest BCUT2D eigenvalue weighted by atomic mass is 32.1. The van der Waals surface area contributed by atoms with Gasteiger partial charge in [-0.3, -0.25) is 4.79 Å². The molecule has 5 aromatic rings. The van der Waals surface area contributed by atoms with Crippen LogP contribution in [0.4, 0.5) is 0 Å². The molecule has 36 heavy (non-hydrogen) atoms. The molecule has 0 aliphatic rings. The van der Waals surface area contributed by atoms with E-state index in [1.54, 1.807) is 16.0 Å². The van der Waals surface area contributed by atoms with Crippen molar-refractivity contribution >= 4 is 17.2 Å². The van der Waals surface area contributed by atoms with Crippen LogP contribution in [0.5, 0.6) is 0 Å². The quantitative estimate of drug-likeness (QED) is 0.250. The number of carbonyl (C=O) groups excluding carboxylic acids is 1. The number of amides is 1. The van der Waals surface area contributed by atoms with Crippen LogP contribution >= 0.6 is 11.3 Å². The van der Waals surface area contributed by atoms with Crippen molar-refractivity contribution in [3.8, 4) is 16.3 Å². The number of aromatic nitrogens is 2. The maximum Gasteiger partial charge on any atom is 0.270 e. The summed E-state index contributed by atoms with van der Waals surface area (Å²) in [7, 11) is 0. The molecule has 0 aliphatic carbocycles. The molecule has 1 N–H and O–H groups in total. The van der Waals surface area contributed by atoms with Gasteiger partial charge in [0.2, 0.25) is 0 Å². The first kappa shape index (κ1) is 23.8. The largest absolute Gasteiger partial charge is 0.351 e. The summed E-state index contributed by atoms with van der Waals surface area (Å²) in [5, 5.41) is 10.1. The van der Waals surface area contributed by atoms with Gasteiger partial charge in [-0.25, -0.2) is 4.68 Å². The Morgan fingerprint density at radius 1 is 0.889 bits per heavy atom. The van der Waals surface area contributed by atoms with Crippen molar-refractivity contribution in [2.45, 2.75) is 26.2 Å². The Bertz CT molecular complexity index is 1400. The van der Waals surface area contributed by atoms with E-state index in [-0.39, 0.29) is 11.8 Å². The highest BCUT2D eigenvalue weighted by Crippen LogP contribution is 2.29. The summed E-state index contributed by atoms with van der Waals surface area (Å²) >= 11 is 1.62. The first-order valence-electron chi connectivity index (χ1n) is 12.2. The molecule has 2 aromatic heterocycles. The van der Waals surface area contributed by atoms with Crippen LogP contribution in [0.1, 0.15) is 45.1 Å². The van der Waals surface area contributed by atoms with Gasteiger partial charge in [-0.2, -0.15) is 5.10 Å². The van der Waals surface area contributed by atoms with Crippen LogP contribution in [0.2, 0.25) is 0 Å². The van der Waals surface area contributed by atoms with E-state index >= 15 is 0 Å². The lowest BCUT2D eigenvalue weighted by molar-refractivity contribution is 0.0945. The second kappa shape index (κ2) is 10.8. The van der Waals surface area contributed by atoms with Crippen LogP contribution in [-0.2, 0) is 0 Å². The Morgan fingerprint density at radius 2 is 1.58 bits per heavy atom. The molecule has 0 radical (unpaired) electrons. The lowest BCUT2D eigenvalue weighted by Crippen LogP contribution is -2.28. The predicted molar refractivity (Wildman–Crippen MR) is 148 cm³/mol. The number of hydrogen-bond acceptors (Lipinski definition) is 3. The Hall–Kier alpha value is -3.96. The number of hydrogen-bond donors (Lipinski definition) is 1. The molecule has 0 atom stereocenters. The number of rotatable bonds is 8. The van der Waals surface area contributed by atoms with Crippen LogP contribution in [0.3, 0.4) is 0 Å². The maximum atomic E-state index is 13.5. The summed E-state index contributed by atoms with van der Waals surface area (Å²) in [6.07, 6.45) is 0.801. The lowest BCUT2D eigenvalue weighted by Gasteiger charge is -2.18. The van der Waals surface area contributed by atoms with E-state index in [1.165, 1.54) is 11.1 Å². The zero-order chi connectivity index (χ0) is 24.9. The number of carbonyl (C=O) groups is 1. The predicted octanol–water partition coefficient (Wildman–Crippen LogP) is 7.17. The molecule has 3 aromatic carbocycles. The third kappa shape index (κ3) is 5.16. The van der Waals surface area contributed by atoms with Crippen molar-refractivity contribution in [3.05, 3.63) is 130 Å². The second-order valence-electron chi connectivity index (χ2n) is 9.01. The van der Waals surface area contributed by atoms with Gasteiger partial charge < -0.3 is 5.32 Å². The number of nitrogens with one attached hydrogen (secondary N) is 1. The Kier molecular flexibility index (Phi) is 7.10. The van der Waals surface area contributed by atoms with Gasteiger partial charge in [-0.05, 0) is 66.1 Å². The smallest absolute Gasteiger partial charge is 0.270 e. The summed E-state index contributed by atoms with van der Waals surface area (Å²) in [4.78, 5) is 14.5. The van der Waals surface area contributed by atoms with Crippen molar-refractivity contribution < 1.29 is 4.79 Å². The minimum atomic E-state index is -0.119. The molecule has 0 aliphatic heterocycles. The Labute approximate surface area is 216 Å². The van der Waals surface area contributed by atoms with E-state index in [0.717, 1.165) is 33.8 Å². The van der Waals surface area contributed by atoms with Crippen LogP contribution in [0, 0.1) is 13.8 Å². The van der Waals surface area contributed by atoms with Gasteiger partial charge in [0.1, 0.15) is 11.4 Å². The Morgan fingerprint density at radius 3 is 2.22 bits per heavy atom. The highest BCUT2D eigenvalue weighted by Gasteiger charge is 2.20. The number of thiophene rings is 1. The molecule has 0 bridgehead atoms. The maximum absolute atomic E-state index is 13.5. The number of nitrogens with zero attached hydrogens (tertiary/aromatic N) is 2. The summed E-state index contributed by atoms with van der Waals surface area (Å²) in [5.41, 5.74) is 6.98. The van der Waals surface area contributed by atoms with Crippen molar-refractivity contribution in [2.75, 3.05) is 6.54 Å². The number of aryl methyl sites for hydroxylation is 2. The van der Waals surface area contributed by atoms with Crippen LogP contribution < -0.4 is 5.32 Å². The third-order valence-electron chi connectivity index (χ3n) is 6.43. The standard InChI is InChI=1S/C31H29N3OS/c1-22-15-16-23(2)28(20-22)34-29(21-27(33-34)30-14-9-19-36-30)31(35)32-18-17-26(24-10-5-3-6-11-24)25-12-7-4-8-13-25/h3-16,19-21,26H,17-18H2,1-2H3,(H,32,35). The van der Waals surface area contributed by atoms with Gasteiger partial charge in [-0.1, -0.05) is 78.9 Å². The van der Waals surface area contributed by atoms with Gasteiger partial charge in [0.15, 0.2) is 0 Å². The molecular weight excluding hydrogens is 462 g/mol. The average molecular weight is 492 g/mol. The molecule has 180 valence electrons. The minimum Gasteiger partial charge on any atom is -0.351 e. The zero-order valence-electron chi connectivity index (χ0n) is 20.5. The zero-order valence-corrected chi connectivity index (χ0v) is 21.3. The Balaban J connectivity index is 1.41. The number of benzene rings is 3. The van der Waals surface area contributed by atoms with Crippen LogP contribution in [0.25, 0.3) is 16.3 Å². The van der Waals surface area contributed by atoms with E-state index in [9.17, 15) is 4.79 Å². The van der Waals surface area contributed by atoms with Crippen molar-refractivity contribution in [1.29, 1.82) is 0 Å². The van der Waals surface area contributed by atoms with Gasteiger partial charge in [-0.15, -0.1) is 11.3 Å². The molecule has 0 unspecified atom stereocenters. The van der Waals surface area contributed by atoms with Crippen LogP contribution in [0.15, 0.2) is 102 Å². The first-order chi connectivity index (χ1) is 17.6. The summed E-state index contributed by atoms with van der Waals surface area (Å²) < 4.78 is 1.79. The molecule has 1 amide bonds. The van der Waals surface area contributed by atoms with Gasteiger partial charge >= 0.3 is 0 Å². The van der Waals surface area contributed by atoms with Gasteiger partial charge in [0.05, 0.1) is 10.6 Å². The summed E-state index contributed by atoms with van der Waals surface area (Å²) in [5.74, 6) is 0.0874. The normalized spacial score (nSPS) is 11.1. The summed E-state index contributed by atoms with van der Waals surface area (Å²) in [6, 6.07) is 33.1. The average Bonchev–Trinajstić information content (AvgIpc) is 3.60. The fraction of sp³-hybridized carbons (Fsp3) is 0.161. The van der Waals surface area contributed by atoms with E-state index < -0.39 is 0 Å². The molecule has 4 nitrogen and oxygen atoms in total. The monoisotopic (exact) mass is 491 g/mol. The van der Waals surface area contributed by atoms with Gasteiger partial charge in [0, 0.05) is 12.5 Å². The molecule has 5 rings (SSSR count). The van der Waals surface area contributed by atoms with Crippen molar-refractivity contribution in [3.63, 3.8) is 0 Å². The third-order valence-corrected chi connectivity index (χ3v) is 7.32. The second-order valence-corrected chi connectivity index (χ2v) is 9.96. The molecular formula is C31H29N3OS. The molecule has 0 spiro atoms. The molecule has 2 heterocycles. The van der Waals surface area contributed by atoms with Gasteiger partial charge in [0.25, 0.3) is 5.91 Å². The summed E-state index contributed by atoms with van der Waals surface area (Å²) in [6.45, 7) is 4.66. The lowest BCUT2D eigenvalue weighted by atomic mass is 9.88. The molecule has 0 saturated carbocycles. The van der Waals surface area contributed by atoms with E-state index in [0.29, 0.717) is 12.2 Å². The fourth-order valence-corrected chi connectivity index (χ4v) is 5.22. The van der Waals surface area contributed by atoms with E-state index in [1.807, 2.05) is 42.6 Å². The minimum absolute atomic E-state index is 0.119. The molecule has 0 saturated heterocycles. The molecule has 5 heteroatoms. The fourth-order valence-electron chi connectivity index (χ4n) is 4.54. The van der Waals surface area contributed by atoms with Crippen molar-refractivity contribution in [2.24, 2.45) is 0 Å². The first-order valence-corrected chi connectivity index (χ1v) is 13.1. The van der Waals surface area contributed by atoms with E-state index in [2.05, 4.69) is 79.0 Å².